The standard InChI is InChI=1S/C22H13FN4O2/c23-18-10-19-17(21(28)26-12-25-19)9-20(18)27-22(29)16-8-4-3-7-15(16)14-6-2-1-5-13(14)11-24/h1-10,12H,(H,27,29)(H,25,26,28). The normalized spacial score (nSPS) is 10.5. The fourth-order valence-electron chi connectivity index (χ4n) is 3.11. The molecule has 0 radical (unpaired) electrons. The van der Waals surface area contributed by atoms with E-state index in [1.165, 1.54) is 12.4 Å². The number of aromatic nitrogens is 2. The number of carbonyl (C=O) groups is 1. The summed E-state index contributed by atoms with van der Waals surface area (Å²) in [4.78, 5) is 31.2. The van der Waals surface area contributed by atoms with E-state index in [-0.39, 0.29) is 22.2 Å². The van der Waals surface area contributed by atoms with Crippen molar-refractivity contribution in [3.63, 3.8) is 0 Å². The number of aromatic amines is 1. The van der Waals surface area contributed by atoms with Crippen LogP contribution in [0, 0.1) is 17.1 Å². The van der Waals surface area contributed by atoms with Gasteiger partial charge in [-0.3, -0.25) is 9.59 Å². The van der Waals surface area contributed by atoms with Crippen LogP contribution in [-0.4, -0.2) is 15.9 Å². The van der Waals surface area contributed by atoms with Gasteiger partial charge in [-0.15, -0.1) is 0 Å². The van der Waals surface area contributed by atoms with Gasteiger partial charge in [-0.05, 0) is 23.8 Å². The van der Waals surface area contributed by atoms with E-state index in [9.17, 15) is 19.2 Å². The Morgan fingerprint density at radius 3 is 2.59 bits per heavy atom. The fraction of sp³-hybridized carbons (Fsp3) is 0. The molecule has 4 aromatic rings. The van der Waals surface area contributed by atoms with E-state index in [0.717, 1.165) is 6.07 Å². The van der Waals surface area contributed by atoms with Crippen molar-refractivity contribution in [1.82, 2.24) is 9.97 Å². The van der Waals surface area contributed by atoms with Gasteiger partial charge >= 0.3 is 0 Å². The Morgan fingerprint density at radius 1 is 1.07 bits per heavy atom. The second kappa shape index (κ2) is 7.37. The minimum atomic E-state index is -0.709. The van der Waals surface area contributed by atoms with Crippen LogP contribution in [0.1, 0.15) is 15.9 Å². The Bertz CT molecular complexity index is 1360. The number of rotatable bonds is 3. The van der Waals surface area contributed by atoms with E-state index in [2.05, 4.69) is 21.4 Å². The summed E-state index contributed by atoms with van der Waals surface area (Å²) >= 11 is 0. The molecule has 29 heavy (non-hydrogen) atoms. The summed E-state index contributed by atoms with van der Waals surface area (Å²) in [5.41, 5.74) is 1.45. The summed E-state index contributed by atoms with van der Waals surface area (Å²) in [6.07, 6.45) is 1.19. The summed E-state index contributed by atoms with van der Waals surface area (Å²) in [7, 11) is 0. The van der Waals surface area contributed by atoms with Crippen LogP contribution in [0.3, 0.4) is 0 Å². The van der Waals surface area contributed by atoms with E-state index in [0.29, 0.717) is 16.7 Å². The molecule has 0 bridgehead atoms. The first kappa shape index (κ1) is 18.1. The van der Waals surface area contributed by atoms with Crippen molar-refractivity contribution >= 4 is 22.5 Å². The first-order chi connectivity index (χ1) is 14.1. The summed E-state index contributed by atoms with van der Waals surface area (Å²) in [6.45, 7) is 0. The van der Waals surface area contributed by atoms with Crippen LogP contribution >= 0.6 is 0 Å². The lowest BCUT2D eigenvalue weighted by Gasteiger charge is -2.12. The maximum atomic E-state index is 14.5. The third-order valence-corrected chi connectivity index (χ3v) is 4.49. The zero-order chi connectivity index (χ0) is 20.4. The smallest absolute Gasteiger partial charge is 0.258 e. The number of carbonyl (C=O) groups excluding carboxylic acids is 1. The highest BCUT2D eigenvalue weighted by atomic mass is 19.1. The maximum absolute atomic E-state index is 14.5. The van der Waals surface area contributed by atoms with Gasteiger partial charge in [-0.25, -0.2) is 9.37 Å². The average molecular weight is 384 g/mol. The molecule has 0 unspecified atom stereocenters. The third-order valence-electron chi connectivity index (χ3n) is 4.49. The minimum Gasteiger partial charge on any atom is -0.319 e. The van der Waals surface area contributed by atoms with Crippen molar-refractivity contribution in [2.24, 2.45) is 0 Å². The number of nitrogens with zero attached hydrogens (tertiary/aromatic N) is 2. The van der Waals surface area contributed by atoms with Crippen LogP contribution in [0.5, 0.6) is 0 Å². The van der Waals surface area contributed by atoms with Crippen LogP contribution < -0.4 is 10.9 Å². The van der Waals surface area contributed by atoms with Gasteiger partial charge in [0, 0.05) is 17.2 Å². The lowest BCUT2D eigenvalue weighted by Crippen LogP contribution is -2.15. The van der Waals surface area contributed by atoms with Crippen molar-refractivity contribution in [2.75, 3.05) is 5.32 Å². The zero-order valence-corrected chi connectivity index (χ0v) is 14.9. The van der Waals surface area contributed by atoms with Gasteiger partial charge in [0.15, 0.2) is 0 Å². The van der Waals surface area contributed by atoms with Crippen LogP contribution in [0.25, 0.3) is 22.0 Å². The largest absolute Gasteiger partial charge is 0.319 e. The number of amides is 1. The van der Waals surface area contributed by atoms with Crippen molar-refractivity contribution in [3.05, 3.63) is 94.3 Å². The van der Waals surface area contributed by atoms with Gasteiger partial charge in [-0.1, -0.05) is 36.4 Å². The Balaban J connectivity index is 1.77. The molecule has 0 aliphatic heterocycles. The molecule has 3 aromatic carbocycles. The summed E-state index contributed by atoms with van der Waals surface area (Å²) < 4.78 is 14.5. The topological polar surface area (TPSA) is 98.6 Å². The quantitative estimate of drug-likeness (QED) is 0.560. The number of benzene rings is 3. The number of hydrogen-bond donors (Lipinski definition) is 2. The molecule has 1 aromatic heterocycles. The molecular formula is C22H13FN4O2. The summed E-state index contributed by atoms with van der Waals surface area (Å²) in [6, 6.07) is 18.1. The predicted octanol–water partition coefficient (Wildman–Crippen LogP) is 3.85. The number of nitriles is 1. The van der Waals surface area contributed by atoms with E-state index >= 15 is 0 Å². The molecule has 140 valence electrons. The van der Waals surface area contributed by atoms with E-state index < -0.39 is 17.3 Å². The number of nitrogens with one attached hydrogen (secondary N) is 2. The van der Waals surface area contributed by atoms with Crippen LogP contribution in [0.2, 0.25) is 0 Å². The first-order valence-electron chi connectivity index (χ1n) is 8.65. The van der Waals surface area contributed by atoms with E-state index in [4.69, 9.17) is 0 Å². The van der Waals surface area contributed by atoms with Gasteiger partial charge in [-0.2, -0.15) is 5.26 Å². The first-order valence-corrected chi connectivity index (χ1v) is 8.65. The Morgan fingerprint density at radius 2 is 1.79 bits per heavy atom. The molecule has 0 aliphatic carbocycles. The highest BCUT2D eigenvalue weighted by Crippen LogP contribution is 2.28. The second-order valence-electron chi connectivity index (χ2n) is 6.24. The second-order valence-corrected chi connectivity index (χ2v) is 6.24. The molecule has 0 fully saturated rings. The average Bonchev–Trinajstić information content (AvgIpc) is 2.75. The van der Waals surface area contributed by atoms with Crippen molar-refractivity contribution < 1.29 is 9.18 Å². The fourth-order valence-corrected chi connectivity index (χ4v) is 3.11. The van der Waals surface area contributed by atoms with Crippen molar-refractivity contribution in [1.29, 1.82) is 5.26 Å². The molecule has 7 heteroatoms. The predicted molar refractivity (Wildman–Crippen MR) is 107 cm³/mol. The molecule has 2 N–H and O–H groups in total. The molecule has 0 saturated carbocycles. The monoisotopic (exact) mass is 384 g/mol. The lowest BCUT2D eigenvalue weighted by atomic mass is 9.95. The third kappa shape index (κ3) is 3.35. The molecule has 1 amide bonds. The maximum Gasteiger partial charge on any atom is 0.258 e. The summed E-state index contributed by atoms with van der Waals surface area (Å²) in [5, 5.41) is 12.0. The van der Waals surface area contributed by atoms with Crippen LogP contribution in [0.4, 0.5) is 10.1 Å². The zero-order valence-electron chi connectivity index (χ0n) is 14.9. The SMILES string of the molecule is N#Cc1ccccc1-c1ccccc1C(=O)Nc1cc2c(=O)[nH]cnc2cc1F. The molecule has 0 atom stereocenters. The summed E-state index contributed by atoms with van der Waals surface area (Å²) in [5.74, 6) is -1.27. The van der Waals surface area contributed by atoms with Crippen molar-refractivity contribution in [2.45, 2.75) is 0 Å². The molecule has 4 rings (SSSR count). The minimum absolute atomic E-state index is 0.135. The molecule has 1 heterocycles. The Labute approximate surface area is 164 Å². The highest BCUT2D eigenvalue weighted by Gasteiger charge is 2.17. The van der Waals surface area contributed by atoms with E-state index in [1.54, 1.807) is 48.5 Å². The number of fused-ring (bicyclic) bond motifs is 1. The van der Waals surface area contributed by atoms with Gasteiger partial charge in [0.25, 0.3) is 11.5 Å². The molecule has 0 saturated heterocycles. The molecule has 0 aliphatic rings. The Kier molecular flexibility index (Phi) is 4.59. The van der Waals surface area contributed by atoms with Gasteiger partial charge in [0.05, 0.1) is 34.6 Å². The van der Waals surface area contributed by atoms with Crippen LogP contribution in [0.15, 0.2) is 71.8 Å². The molecular weight excluding hydrogens is 371 g/mol. The lowest BCUT2D eigenvalue weighted by molar-refractivity contribution is 0.102. The molecule has 6 nitrogen and oxygen atoms in total. The number of hydrogen-bond acceptors (Lipinski definition) is 4. The van der Waals surface area contributed by atoms with Crippen molar-refractivity contribution in [3.8, 4) is 17.2 Å². The number of H-pyrrole nitrogens is 1. The molecule has 0 spiro atoms. The Hall–Kier alpha value is -4.31. The number of anilines is 1. The van der Waals surface area contributed by atoms with Gasteiger partial charge in [0.1, 0.15) is 5.82 Å². The van der Waals surface area contributed by atoms with Crippen LogP contribution in [-0.2, 0) is 0 Å². The number of halogens is 1. The van der Waals surface area contributed by atoms with E-state index in [1.807, 2.05) is 0 Å². The van der Waals surface area contributed by atoms with Gasteiger partial charge in [0.2, 0.25) is 0 Å². The van der Waals surface area contributed by atoms with Gasteiger partial charge < -0.3 is 10.3 Å². The highest BCUT2D eigenvalue weighted by molar-refractivity contribution is 6.09.